The van der Waals surface area contributed by atoms with Crippen LogP contribution in [0.2, 0.25) is 0 Å². The Bertz CT molecular complexity index is 793. The van der Waals surface area contributed by atoms with Gasteiger partial charge in [0.15, 0.2) is 0 Å². The van der Waals surface area contributed by atoms with Crippen molar-refractivity contribution in [1.82, 2.24) is 19.7 Å². The van der Waals surface area contributed by atoms with Gasteiger partial charge < -0.3 is 10.3 Å². The summed E-state index contributed by atoms with van der Waals surface area (Å²) in [6, 6.07) is 3.21. The molecule has 0 atom stereocenters. The first-order valence-electron chi connectivity index (χ1n) is 8.35. The van der Waals surface area contributed by atoms with Gasteiger partial charge in [0, 0.05) is 47.2 Å². The lowest BCUT2D eigenvalue weighted by Crippen LogP contribution is -2.45. The number of fused-ring (bicyclic) bond motifs is 1. The minimum absolute atomic E-state index is 0.504. The van der Waals surface area contributed by atoms with Crippen LogP contribution in [0.25, 0.3) is 21.6 Å². The van der Waals surface area contributed by atoms with Crippen molar-refractivity contribution in [2.75, 3.05) is 11.1 Å². The standard InChI is InChI=1S/C17H21N5S2/c1-2-6-24-22-12-8-11(9-12)21-15-13-3-4-18-16(13)20-10-14(15)17-19-5-7-23-17/h3-5,7,10-12,22H,2,6,8-9H2,1H3,(H2,18,20,21). The second-order valence-electron chi connectivity index (χ2n) is 6.10. The van der Waals surface area contributed by atoms with Crippen molar-refractivity contribution in [3.05, 3.63) is 30.0 Å². The average molecular weight is 360 g/mol. The molecule has 4 rings (SSSR count). The average Bonchev–Trinajstić information content (AvgIpc) is 3.23. The number of pyridine rings is 1. The molecule has 3 N–H and O–H groups in total. The lowest BCUT2D eigenvalue weighted by molar-refractivity contribution is 0.355. The summed E-state index contributed by atoms with van der Waals surface area (Å²) in [5, 5.41) is 7.90. The highest BCUT2D eigenvalue weighted by Crippen LogP contribution is 2.37. The van der Waals surface area contributed by atoms with Crippen LogP contribution in [0.5, 0.6) is 0 Å². The predicted octanol–water partition coefficient (Wildman–Crippen LogP) is 4.28. The highest BCUT2D eigenvalue weighted by Gasteiger charge is 2.30. The van der Waals surface area contributed by atoms with Gasteiger partial charge in [0.2, 0.25) is 0 Å². The Morgan fingerprint density at radius 3 is 3.04 bits per heavy atom. The molecular weight excluding hydrogens is 338 g/mol. The molecule has 5 nitrogen and oxygen atoms in total. The highest BCUT2D eigenvalue weighted by molar-refractivity contribution is 7.97. The van der Waals surface area contributed by atoms with E-state index in [1.807, 2.05) is 35.9 Å². The Hall–Kier alpha value is -1.57. The van der Waals surface area contributed by atoms with Crippen LogP contribution in [-0.2, 0) is 0 Å². The van der Waals surface area contributed by atoms with E-state index in [1.165, 1.54) is 12.2 Å². The third-order valence-corrected chi connectivity index (χ3v) is 6.21. The van der Waals surface area contributed by atoms with Gasteiger partial charge in [-0.3, -0.25) is 4.72 Å². The first-order valence-corrected chi connectivity index (χ1v) is 10.2. The third-order valence-electron chi connectivity index (χ3n) is 4.29. The van der Waals surface area contributed by atoms with Gasteiger partial charge >= 0.3 is 0 Å². The van der Waals surface area contributed by atoms with Crippen molar-refractivity contribution in [1.29, 1.82) is 0 Å². The molecule has 0 saturated heterocycles. The molecule has 0 aromatic carbocycles. The van der Waals surface area contributed by atoms with E-state index in [0.717, 1.165) is 40.1 Å². The van der Waals surface area contributed by atoms with Gasteiger partial charge in [-0.25, -0.2) is 9.97 Å². The van der Waals surface area contributed by atoms with Crippen LogP contribution in [0.15, 0.2) is 30.0 Å². The zero-order valence-corrected chi connectivity index (χ0v) is 15.2. The molecule has 3 aromatic rings. The number of nitrogens with one attached hydrogen (secondary N) is 3. The van der Waals surface area contributed by atoms with Crippen LogP contribution in [0, 0.1) is 0 Å². The Balaban J connectivity index is 1.51. The molecule has 7 heteroatoms. The molecular formula is C17H21N5S2. The molecule has 24 heavy (non-hydrogen) atoms. The minimum Gasteiger partial charge on any atom is -0.381 e. The number of hydrogen-bond donors (Lipinski definition) is 3. The topological polar surface area (TPSA) is 65.6 Å². The van der Waals surface area contributed by atoms with E-state index in [-0.39, 0.29) is 0 Å². The smallest absolute Gasteiger partial charge is 0.139 e. The summed E-state index contributed by atoms with van der Waals surface area (Å²) in [7, 11) is 0. The van der Waals surface area contributed by atoms with Gasteiger partial charge in [0.05, 0.1) is 11.3 Å². The summed E-state index contributed by atoms with van der Waals surface area (Å²) < 4.78 is 3.56. The van der Waals surface area contributed by atoms with Gasteiger partial charge in [-0.1, -0.05) is 18.9 Å². The first kappa shape index (κ1) is 15.9. The van der Waals surface area contributed by atoms with Gasteiger partial charge in [-0.2, -0.15) is 0 Å². The highest BCUT2D eigenvalue weighted by atomic mass is 32.2. The number of hydrogen-bond acceptors (Lipinski definition) is 6. The normalized spacial score (nSPS) is 20.2. The molecule has 1 fully saturated rings. The van der Waals surface area contributed by atoms with Gasteiger partial charge in [-0.05, 0) is 25.3 Å². The van der Waals surface area contributed by atoms with E-state index < -0.39 is 0 Å². The lowest BCUT2D eigenvalue weighted by Gasteiger charge is -2.37. The molecule has 1 saturated carbocycles. The van der Waals surface area contributed by atoms with E-state index >= 15 is 0 Å². The lowest BCUT2D eigenvalue weighted by atomic mass is 9.87. The van der Waals surface area contributed by atoms with E-state index in [4.69, 9.17) is 0 Å². The molecule has 0 aliphatic heterocycles. The number of aromatic nitrogens is 3. The molecule has 0 radical (unpaired) electrons. The van der Waals surface area contributed by atoms with Crippen LogP contribution in [0.3, 0.4) is 0 Å². The van der Waals surface area contributed by atoms with Crippen molar-refractivity contribution < 1.29 is 0 Å². The van der Waals surface area contributed by atoms with E-state index in [1.54, 1.807) is 11.3 Å². The van der Waals surface area contributed by atoms with Crippen molar-refractivity contribution in [3.8, 4) is 10.6 Å². The molecule has 0 unspecified atom stereocenters. The zero-order chi connectivity index (χ0) is 16.4. The van der Waals surface area contributed by atoms with Crippen molar-refractivity contribution in [3.63, 3.8) is 0 Å². The molecule has 1 aliphatic rings. The fraction of sp³-hybridized carbons (Fsp3) is 0.412. The molecule has 3 heterocycles. The van der Waals surface area contributed by atoms with Crippen molar-refractivity contribution >= 4 is 40.0 Å². The quantitative estimate of drug-likeness (QED) is 0.434. The van der Waals surface area contributed by atoms with Gasteiger partial charge in [0.1, 0.15) is 10.7 Å². The number of H-pyrrole nitrogens is 1. The number of rotatable bonds is 7. The minimum atomic E-state index is 0.504. The van der Waals surface area contributed by atoms with Crippen molar-refractivity contribution in [2.24, 2.45) is 0 Å². The van der Waals surface area contributed by atoms with E-state index in [9.17, 15) is 0 Å². The number of aromatic amines is 1. The Morgan fingerprint density at radius 1 is 1.33 bits per heavy atom. The monoisotopic (exact) mass is 359 g/mol. The maximum absolute atomic E-state index is 4.53. The van der Waals surface area contributed by atoms with E-state index in [2.05, 4.69) is 38.0 Å². The van der Waals surface area contributed by atoms with Crippen LogP contribution in [-0.4, -0.2) is 32.8 Å². The fourth-order valence-corrected chi connectivity index (χ4v) is 4.40. The summed E-state index contributed by atoms with van der Waals surface area (Å²) >= 11 is 3.50. The third kappa shape index (κ3) is 3.16. The van der Waals surface area contributed by atoms with Crippen LogP contribution in [0.4, 0.5) is 5.69 Å². The molecule has 0 spiro atoms. The summed E-state index contributed by atoms with van der Waals surface area (Å²) in [6.45, 7) is 2.21. The van der Waals surface area contributed by atoms with Crippen molar-refractivity contribution in [2.45, 2.75) is 38.3 Å². The SMILES string of the molecule is CCCSNC1CC(Nc2c(-c3nccs3)cnc3[nH]ccc23)C1. The van der Waals surface area contributed by atoms with Crippen LogP contribution < -0.4 is 10.0 Å². The zero-order valence-electron chi connectivity index (χ0n) is 13.6. The Labute approximate surface area is 149 Å². The Kier molecular flexibility index (Phi) is 4.73. The largest absolute Gasteiger partial charge is 0.381 e. The molecule has 126 valence electrons. The maximum Gasteiger partial charge on any atom is 0.139 e. The predicted molar refractivity (Wildman–Crippen MR) is 104 cm³/mol. The van der Waals surface area contributed by atoms with Gasteiger partial charge in [0.25, 0.3) is 0 Å². The van der Waals surface area contributed by atoms with E-state index in [0.29, 0.717) is 12.1 Å². The van der Waals surface area contributed by atoms with Gasteiger partial charge in [-0.15, -0.1) is 11.3 Å². The Morgan fingerprint density at radius 2 is 2.25 bits per heavy atom. The number of nitrogens with zero attached hydrogens (tertiary/aromatic N) is 2. The second kappa shape index (κ2) is 7.13. The summed E-state index contributed by atoms with van der Waals surface area (Å²) in [5.41, 5.74) is 3.17. The molecule has 1 aliphatic carbocycles. The fourth-order valence-electron chi connectivity index (χ4n) is 3.00. The molecule has 0 amide bonds. The summed E-state index contributed by atoms with van der Waals surface area (Å²) in [5.74, 6) is 1.18. The second-order valence-corrected chi connectivity index (χ2v) is 7.93. The number of thiazole rings is 1. The summed E-state index contributed by atoms with van der Waals surface area (Å²) in [4.78, 5) is 12.2. The first-order chi connectivity index (χ1) is 11.8. The molecule has 0 bridgehead atoms. The summed E-state index contributed by atoms with van der Waals surface area (Å²) in [6.07, 6.45) is 9.24. The maximum atomic E-state index is 4.53. The molecule has 3 aromatic heterocycles. The van der Waals surface area contributed by atoms with Crippen LogP contribution >= 0.6 is 23.3 Å². The number of anilines is 1. The van der Waals surface area contributed by atoms with Crippen LogP contribution in [0.1, 0.15) is 26.2 Å².